The highest BCUT2D eigenvalue weighted by Gasteiger charge is 2.56. The molecule has 1 aliphatic heterocycles. The van der Waals surface area contributed by atoms with Crippen LogP contribution in [-0.4, -0.2) is 79.3 Å². The van der Waals surface area contributed by atoms with Crippen LogP contribution in [0.5, 0.6) is 5.88 Å². The minimum absolute atomic E-state index is 0.00543. The molecule has 0 amide bonds. The van der Waals surface area contributed by atoms with Gasteiger partial charge in [0.2, 0.25) is 5.88 Å². The Hall–Kier alpha value is -1.62. The molecule has 18 nitrogen and oxygen atoms in total. The van der Waals surface area contributed by atoms with Crippen LogP contribution in [0.1, 0.15) is 6.42 Å². The minimum Gasteiger partial charge on any atom is -0.492 e. The fraction of sp³-hybridized carbons (Fsp3) is 0.462. The van der Waals surface area contributed by atoms with Gasteiger partial charge in [-0.2, -0.15) is 13.6 Å². The molecule has 21 heteroatoms. The zero-order valence-corrected chi connectivity index (χ0v) is 19.4. The molecule has 190 valence electrons. The number of aliphatic hydroxyl groups excluding tert-OH is 2. The average Bonchev–Trinajstić information content (AvgIpc) is 3.21. The second kappa shape index (κ2) is 9.44. The third kappa shape index (κ3) is 5.61. The van der Waals surface area contributed by atoms with Gasteiger partial charge >= 0.3 is 23.5 Å². The number of hydrogen-bond donors (Lipinski definition) is 7. The summed E-state index contributed by atoms with van der Waals surface area (Å²) in [7, 11) is -16.8. The quantitative estimate of drug-likeness (QED) is 0.142. The Morgan fingerprint density at radius 1 is 1.12 bits per heavy atom. The van der Waals surface area contributed by atoms with Gasteiger partial charge in [0.25, 0.3) is 0 Å². The molecule has 3 rings (SSSR count). The van der Waals surface area contributed by atoms with E-state index in [1.807, 2.05) is 0 Å². The first-order valence-electron chi connectivity index (χ1n) is 8.91. The average molecular weight is 548 g/mol. The molecule has 1 saturated heterocycles. The summed E-state index contributed by atoms with van der Waals surface area (Å²) >= 11 is 0. The molecule has 0 aliphatic carbocycles. The molecular weight excluding hydrogens is 529 g/mol. The molecule has 2 unspecified atom stereocenters. The van der Waals surface area contributed by atoms with Crippen LogP contribution in [0.2, 0.25) is 0 Å². The van der Waals surface area contributed by atoms with Crippen molar-refractivity contribution in [2.75, 3.05) is 6.61 Å². The maximum Gasteiger partial charge on any atom is 0.490 e. The number of hydrogen-bond acceptors (Lipinski definition) is 13. The number of aromatic hydroxyl groups is 1. The first kappa shape index (κ1) is 27.0. The molecule has 2 aromatic rings. The Labute approximate surface area is 189 Å². The highest BCUT2D eigenvalue weighted by atomic mass is 31.3. The molecule has 0 radical (unpaired) electrons. The number of phosphoric ester groups is 1. The molecule has 2 aromatic heterocycles. The van der Waals surface area contributed by atoms with E-state index in [-0.39, 0.29) is 17.6 Å². The van der Waals surface area contributed by atoms with Gasteiger partial charge in [0.05, 0.1) is 12.9 Å². The standard InChI is InChI=1S/C13H19N4O14P3/c1-2-3-13(17-6-16-8-11(17)14-5-15-12(8)20)10(19)9(18)7(29-13)4-28-33(24,25)31-34(26,27)30-32(21,22)23/h2,5-7,9-10,18-19H,1,3-4H2,(H,24,25)(H,26,27)(H,14,15,20)(H2,21,22,23)/t7-,9-,10-,13-/m1/s1. The fourth-order valence-electron chi connectivity index (χ4n) is 3.25. The van der Waals surface area contributed by atoms with Crippen LogP contribution in [-0.2, 0) is 37.3 Å². The van der Waals surface area contributed by atoms with Gasteiger partial charge in [0.15, 0.2) is 16.9 Å². The molecule has 0 aromatic carbocycles. The molecule has 0 saturated carbocycles. The van der Waals surface area contributed by atoms with Crippen molar-refractivity contribution in [2.24, 2.45) is 0 Å². The number of rotatable bonds is 10. The van der Waals surface area contributed by atoms with Gasteiger partial charge in [-0.3, -0.25) is 9.09 Å². The van der Waals surface area contributed by atoms with Gasteiger partial charge in [0, 0.05) is 6.42 Å². The highest BCUT2D eigenvalue weighted by Crippen LogP contribution is 2.66. The number of fused-ring (bicyclic) bond motifs is 1. The van der Waals surface area contributed by atoms with Crippen molar-refractivity contribution in [3.63, 3.8) is 0 Å². The molecule has 0 bridgehead atoms. The van der Waals surface area contributed by atoms with Crippen LogP contribution in [0.25, 0.3) is 11.2 Å². The third-order valence-corrected chi connectivity index (χ3v) is 8.30. The summed E-state index contributed by atoms with van der Waals surface area (Å²) in [5, 5.41) is 31.1. The SMILES string of the molecule is C=CC[C@@]1(n2cnc3c(O)ncnc32)O[C@H](COP(=O)(O)OP(=O)(O)OP(=O)(O)O)[C@@H](O)[C@H]1O. The Morgan fingerprint density at radius 2 is 1.79 bits per heavy atom. The number of ether oxygens (including phenoxy) is 1. The van der Waals surface area contributed by atoms with Crippen molar-refractivity contribution in [2.45, 2.75) is 30.5 Å². The maximum atomic E-state index is 12.0. The summed E-state index contributed by atoms with van der Waals surface area (Å²) in [6.07, 6.45) is -1.81. The van der Waals surface area contributed by atoms with Crippen molar-refractivity contribution in [1.82, 2.24) is 19.5 Å². The summed E-state index contributed by atoms with van der Waals surface area (Å²) < 4.78 is 52.7. The third-order valence-electron chi connectivity index (χ3n) is 4.50. The van der Waals surface area contributed by atoms with Gasteiger partial charge in [-0.05, 0) is 0 Å². The van der Waals surface area contributed by atoms with Crippen molar-refractivity contribution < 1.29 is 66.5 Å². The van der Waals surface area contributed by atoms with Gasteiger partial charge < -0.3 is 39.6 Å². The summed E-state index contributed by atoms with van der Waals surface area (Å²) in [5.74, 6) is -0.477. The van der Waals surface area contributed by atoms with Crippen molar-refractivity contribution in [1.29, 1.82) is 0 Å². The minimum atomic E-state index is -5.75. The number of phosphoric acid groups is 3. The van der Waals surface area contributed by atoms with E-state index in [1.54, 1.807) is 0 Å². The molecule has 1 fully saturated rings. The van der Waals surface area contributed by atoms with Gasteiger partial charge in [-0.25, -0.2) is 23.7 Å². The summed E-state index contributed by atoms with van der Waals surface area (Å²) in [4.78, 5) is 47.4. The van der Waals surface area contributed by atoms with Crippen LogP contribution in [0.4, 0.5) is 0 Å². The lowest BCUT2D eigenvalue weighted by molar-refractivity contribution is -0.142. The predicted octanol–water partition coefficient (Wildman–Crippen LogP) is -0.775. The Balaban J connectivity index is 1.83. The summed E-state index contributed by atoms with van der Waals surface area (Å²) in [6, 6.07) is 0. The number of imidazole rings is 1. The van der Waals surface area contributed by atoms with Crippen molar-refractivity contribution in [3.05, 3.63) is 25.3 Å². The second-order valence-corrected chi connectivity index (χ2v) is 11.2. The summed E-state index contributed by atoms with van der Waals surface area (Å²) in [5.41, 5.74) is -1.91. The zero-order chi connectivity index (χ0) is 25.5. The smallest absolute Gasteiger partial charge is 0.490 e. The van der Waals surface area contributed by atoms with E-state index in [2.05, 4.69) is 34.7 Å². The monoisotopic (exact) mass is 548 g/mol. The second-order valence-electron chi connectivity index (χ2n) is 6.80. The van der Waals surface area contributed by atoms with Crippen LogP contribution in [0.15, 0.2) is 25.3 Å². The molecule has 7 N–H and O–H groups in total. The first-order valence-corrected chi connectivity index (χ1v) is 13.4. The van der Waals surface area contributed by atoms with Crippen LogP contribution in [0.3, 0.4) is 0 Å². The van der Waals surface area contributed by atoms with E-state index in [0.29, 0.717) is 0 Å². The first-order chi connectivity index (χ1) is 15.6. The lowest BCUT2D eigenvalue weighted by atomic mass is 9.99. The molecule has 34 heavy (non-hydrogen) atoms. The zero-order valence-electron chi connectivity index (χ0n) is 16.7. The van der Waals surface area contributed by atoms with E-state index < -0.39 is 60.0 Å². The van der Waals surface area contributed by atoms with Gasteiger partial charge in [-0.1, -0.05) is 6.08 Å². The molecular formula is C13H19N4O14P3. The van der Waals surface area contributed by atoms with E-state index in [1.165, 1.54) is 10.6 Å². The predicted molar refractivity (Wildman–Crippen MR) is 106 cm³/mol. The van der Waals surface area contributed by atoms with Crippen LogP contribution in [0, 0.1) is 0 Å². The topological polar surface area (TPSA) is 273 Å². The van der Waals surface area contributed by atoms with Crippen LogP contribution < -0.4 is 0 Å². The lowest BCUT2D eigenvalue weighted by Gasteiger charge is -2.32. The molecule has 6 atom stereocenters. The largest absolute Gasteiger partial charge is 0.492 e. The number of aromatic nitrogens is 4. The summed E-state index contributed by atoms with van der Waals surface area (Å²) in [6.45, 7) is 2.53. The van der Waals surface area contributed by atoms with Crippen molar-refractivity contribution in [3.8, 4) is 5.88 Å². The van der Waals surface area contributed by atoms with Crippen molar-refractivity contribution >= 4 is 34.6 Å². The number of nitrogens with zero attached hydrogens (tertiary/aromatic N) is 4. The Bertz CT molecular complexity index is 1220. The normalized spacial score (nSPS) is 29.1. The van der Waals surface area contributed by atoms with Gasteiger partial charge in [-0.15, -0.1) is 6.58 Å². The van der Waals surface area contributed by atoms with E-state index >= 15 is 0 Å². The van der Waals surface area contributed by atoms with E-state index in [0.717, 1.165) is 12.7 Å². The maximum absolute atomic E-state index is 12.0. The molecule has 1 aliphatic rings. The number of aliphatic hydroxyl groups is 2. The van der Waals surface area contributed by atoms with E-state index in [4.69, 9.17) is 14.5 Å². The van der Waals surface area contributed by atoms with Gasteiger partial charge in [0.1, 0.15) is 24.6 Å². The lowest BCUT2D eigenvalue weighted by Crippen LogP contribution is -2.45. The fourth-order valence-corrected chi connectivity index (χ4v) is 6.28. The highest BCUT2D eigenvalue weighted by molar-refractivity contribution is 7.66. The van der Waals surface area contributed by atoms with E-state index in [9.17, 15) is 38.8 Å². The Kier molecular flexibility index (Phi) is 7.49. The molecule has 0 spiro atoms. The van der Waals surface area contributed by atoms with Crippen LogP contribution >= 0.6 is 23.5 Å². The Morgan fingerprint density at radius 3 is 2.41 bits per heavy atom. The molecule has 3 heterocycles.